The van der Waals surface area contributed by atoms with Gasteiger partial charge in [0.05, 0.1) is 6.61 Å². The molecule has 214 valence electrons. The van der Waals surface area contributed by atoms with Crippen LogP contribution < -0.4 is 0 Å². The van der Waals surface area contributed by atoms with Crippen LogP contribution >= 0.6 is 0 Å². The normalized spacial score (nSPS) is 13.5. The van der Waals surface area contributed by atoms with Crippen LogP contribution in [0.5, 0.6) is 0 Å². The average Bonchev–Trinajstić information content (AvgIpc) is 2.71. The number of hydrogen-bond acceptors (Lipinski definition) is 8. The first-order valence-electron chi connectivity index (χ1n) is 12.4. The van der Waals surface area contributed by atoms with Gasteiger partial charge in [0, 0.05) is 33.5 Å². The predicted molar refractivity (Wildman–Crippen MR) is 157 cm³/mol. The van der Waals surface area contributed by atoms with Gasteiger partial charge in [0.15, 0.2) is 22.4 Å². The van der Waals surface area contributed by atoms with Crippen LogP contribution in [0.4, 0.5) is 0 Å². The number of rotatable bonds is 17. The summed E-state index contributed by atoms with van der Waals surface area (Å²) in [6.07, 6.45) is 1.56. The molecule has 0 fully saturated rings. The Hall–Kier alpha value is -0.422. The van der Waals surface area contributed by atoms with Crippen molar-refractivity contribution in [1.82, 2.24) is 0 Å². The molecule has 0 rings (SSSR count). The number of carbonyl (C=O) groups excluding carboxylic acids is 1. The highest BCUT2D eigenvalue weighted by atomic mass is 28.5. The van der Waals surface area contributed by atoms with Crippen molar-refractivity contribution in [2.75, 3.05) is 34.5 Å². The summed E-state index contributed by atoms with van der Waals surface area (Å²) in [5.41, 5.74) is 0.892. The highest BCUT2D eigenvalue weighted by Crippen LogP contribution is 2.25. The molecule has 0 radical (unpaired) electrons. The summed E-state index contributed by atoms with van der Waals surface area (Å²) in [7, 11) is -3.72. The van der Waals surface area contributed by atoms with Gasteiger partial charge in [0.25, 0.3) is 0 Å². The van der Waals surface area contributed by atoms with Crippen molar-refractivity contribution in [3.8, 4) is 0 Å². The molecule has 0 aromatic carbocycles. The minimum absolute atomic E-state index is 0.338. The van der Waals surface area contributed by atoms with Crippen LogP contribution in [-0.4, -0.2) is 80.2 Å². The van der Waals surface area contributed by atoms with Crippen molar-refractivity contribution in [2.45, 2.75) is 91.2 Å². The molecule has 0 aliphatic carbocycles. The van der Waals surface area contributed by atoms with Crippen LogP contribution in [0.3, 0.4) is 0 Å². The van der Waals surface area contributed by atoms with Crippen LogP contribution in [0, 0.1) is 0 Å². The molecule has 36 heavy (non-hydrogen) atoms. The van der Waals surface area contributed by atoms with Crippen LogP contribution in [-0.2, 0) is 35.8 Å². The van der Waals surface area contributed by atoms with Crippen molar-refractivity contribution in [1.29, 1.82) is 0 Å². The third-order valence-corrected chi connectivity index (χ3v) is 17.2. The molecule has 0 saturated carbocycles. The van der Waals surface area contributed by atoms with Gasteiger partial charge < -0.3 is 31.0 Å². The standard InChI is InChI=1S/C14H34O3Si3.C10H20O5Si/c1-14(2)13-15-11-10-12-20(9,16-18(3,4)5)17-19(6,7)8;1-7-9(15-10(11)8(2)3)16(12-4,13-5)14-6/h1,10-13H2,2-9H3;9H,2,7H2,1,3-6H3. The third-order valence-electron chi connectivity index (χ3n) is 4.53. The molecule has 0 N–H and O–H groups in total. The van der Waals surface area contributed by atoms with Gasteiger partial charge in [-0.15, -0.1) is 0 Å². The molecular formula is C24H54O8Si4. The molecule has 0 heterocycles. The highest BCUT2D eigenvalue weighted by molar-refractivity contribution is 6.87. The van der Waals surface area contributed by atoms with Gasteiger partial charge in [-0.3, -0.25) is 0 Å². The molecule has 8 nitrogen and oxygen atoms in total. The van der Waals surface area contributed by atoms with E-state index in [0.29, 0.717) is 18.6 Å². The topological polar surface area (TPSA) is 81.7 Å². The van der Waals surface area contributed by atoms with Crippen LogP contribution in [0.15, 0.2) is 24.3 Å². The fourth-order valence-electron chi connectivity index (χ4n) is 3.44. The van der Waals surface area contributed by atoms with Crippen LogP contribution in [0.1, 0.15) is 33.6 Å². The summed E-state index contributed by atoms with van der Waals surface area (Å²) >= 11 is 0. The molecule has 1 atom stereocenters. The molecular weight excluding hydrogens is 529 g/mol. The van der Waals surface area contributed by atoms with E-state index in [4.69, 9.17) is 31.0 Å². The fraction of sp³-hybridized carbons (Fsp3) is 0.792. The minimum atomic E-state index is -2.94. The van der Waals surface area contributed by atoms with Gasteiger partial charge >= 0.3 is 23.3 Å². The number of ether oxygens (including phenoxy) is 2. The van der Waals surface area contributed by atoms with Crippen molar-refractivity contribution >= 4 is 40.0 Å². The highest BCUT2D eigenvalue weighted by Gasteiger charge is 2.49. The predicted octanol–water partition coefficient (Wildman–Crippen LogP) is 6.05. The Bertz CT molecular complexity index is 646. The Balaban J connectivity index is 0. The van der Waals surface area contributed by atoms with E-state index in [-0.39, 0.29) is 0 Å². The van der Waals surface area contributed by atoms with E-state index in [2.05, 4.69) is 59.0 Å². The van der Waals surface area contributed by atoms with Gasteiger partial charge in [0.2, 0.25) is 0 Å². The second-order valence-corrected chi connectivity index (χ2v) is 26.9. The number of carbonyl (C=O) groups is 1. The Labute approximate surface area is 225 Å². The lowest BCUT2D eigenvalue weighted by molar-refractivity contribution is -0.143. The molecule has 0 aliphatic rings. The average molecular weight is 583 g/mol. The second-order valence-electron chi connectivity index (χ2n) is 11.0. The van der Waals surface area contributed by atoms with Gasteiger partial charge in [0.1, 0.15) is 0 Å². The smallest absolute Gasteiger partial charge is 0.454 e. The van der Waals surface area contributed by atoms with Gasteiger partial charge in [-0.25, -0.2) is 4.79 Å². The van der Waals surface area contributed by atoms with Crippen molar-refractivity contribution < 1.29 is 35.8 Å². The van der Waals surface area contributed by atoms with E-state index in [9.17, 15) is 4.79 Å². The molecule has 1 unspecified atom stereocenters. The third kappa shape index (κ3) is 17.2. The molecule has 0 amide bonds. The SMILES string of the molecule is C=C(C)C(=O)OC(CC)[Si](OC)(OC)OC.C=C(C)COCCC[Si](C)(O[Si](C)(C)C)O[Si](C)(C)C. The first-order chi connectivity index (χ1) is 16.3. The molecule has 0 aliphatic heterocycles. The second kappa shape index (κ2) is 17.2. The van der Waals surface area contributed by atoms with Crippen molar-refractivity contribution in [2.24, 2.45) is 0 Å². The zero-order valence-corrected chi connectivity index (χ0v) is 29.3. The van der Waals surface area contributed by atoms with Gasteiger partial charge in [-0.2, -0.15) is 0 Å². The fourth-order valence-corrected chi connectivity index (χ4v) is 18.0. The molecule has 0 aromatic heterocycles. The summed E-state index contributed by atoms with van der Waals surface area (Å²) in [5, 5.41) is 0. The Morgan fingerprint density at radius 3 is 1.58 bits per heavy atom. The van der Waals surface area contributed by atoms with Crippen molar-refractivity contribution in [3.05, 3.63) is 24.3 Å². The maximum Gasteiger partial charge on any atom is 0.543 e. The Morgan fingerprint density at radius 2 is 1.28 bits per heavy atom. The maximum absolute atomic E-state index is 11.4. The van der Waals surface area contributed by atoms with Crippen molar-refractivity contribution in [3.63, 3.8) is 0 Å². The summed E-state index contributed by atoms with van der Waals surface area (Å²) in [4.78, 5) is 11.4. The maximum atomic E-state index is 11.4. The first kappa shape index (κ1) is 37.7. The van der Waals surface area contributed by atoms with E-state index in [1.807, 2.05) is 13.8 Å². The molecule has 0 saturated heterocycles. The lowest BCUT2D eigenvalue weighted by Gasteiger charge is -2.38. The van der Waals surface area contributed by atoms with E-state index < -0.39 is 45.7 Å². The summed E-state index contributed by atoms with van der Waals surface area (Å²) in [6.45, 7) is 29.9. The van der Waals surface area contributed by atoms with E-state index in [1.54, 1.807) is 6.92 Å². The lowest BCUT2D eigenvalue weighted by Crippen LogP contribution is -2.56. The number of hydrogen-bond donors (Lipinski definition) is 0. The zero-order valence-electron chi connectivity index (χ0n) is 25.3. The molecule has 12 heteroatoms. The lowest BCUT2D eigenvalue weighted by atomic mass is 10.4. The van der Waals surface area contributed by atoms with E-state index in [1.165, 1.54) is 21.3 Å². The Morgan fingerprint density at radius 1 is 0.833 bits per heavy atom. The quantitative estimate of drug-likeness (QED) is 0.0674. The number of esters is 1. The van der Waals surface area contributed by atoms with Crippen LogP contribution in [0.2, 0.25) is 51.9 Å². The van der Waals surface area contributed by atoms with Gasteiger partial charge in [-0.05, 0) is 78.6 Å². The zero-order chi connectivity index (χ0) is 28.8. The monoisotopic (exact) mass is 582 g/mol. The first-order valence-corrected chi connectivity index (χ1v) is 23.6. The summed E-state index contributed by atoms with van der Waals surface area (Å²) < 4.78 is 39.5. The largest absolute Gasteiger partial charge is 0.543 e. The van der Waals surface area contributed by atoms with Gasteiger partial charge in [-0.1, -0.05) is 25.7 Å². The van der Waals surface area contributed by atoms with E-state index in [0.717, 1.165) is 24.6 Å². The Kier molecular flexibility index (Phi) is 18.0. The molecule has 0 spiro atoms. The molecule has 0 aromatic rings. The molecule has 0 bridgehead atoms. The van der Waals surface area contributed by atoms with Crippen LogP contribution in [0.25, 0.3) is 0 Å². The van der Waals surface area contributed by atoms with E-state index >= 15 is 0 Å². The minimum Gasteiger partial charge on any atom is -0.454 e. The summed E-state index contributed by atoms with van der Waals surface area (Å²) in [6, 6.07) is 1.01. The summed E-state index contributed by atoms with van der Waals surface area (Å²) in [5.74, 6) is -0.463.